The Hall–Kier alpha value is -6.17. The maximum atomic E-state index is 6.15. The largest absolute Gasteiger partial charge is 0.456 e. The Balaban J connectivity index is 1.09. The fraction of sp³-hybridized carbons (Fsp3) is 0.0227. The second-order valence-electron chi connectivity index (χ2n) is 11.9. The van der Waals surface area contributed by atoms with Crippen LogP contribution in [-0.2, 0) is 0 Å². The molecule has 0 bridgehead atoms. The van der Waals surface area contributed by atoms with Gasteiger partial charge in [-0.25, -0.2) is 15.0 Å². The number of aromatic nitrogens is 3. The zero-order chi connectivity index (χ0) is 32.7. The molecular weight excluding hydrogens is 619 g/mol. The zero-order valence-electron chi connectivity index (χ0n) is 26.7. The lowest BCUT2D eigenvalue weighted by atomic mass is 9.98. The summed E-state index contributed by atoms with van der Waals surface area (Å²) < 4.78 is 8.58. The first-order valence-electron chi connectivity index (χ1n) is 16.3. The number of nitrogens with zero attached hydrogens (tertiary/aromatic N) is 3. The van der Waals surface area contributed by atoms with Crippen molar-refractivity contribution in [1.82, 2.24) is 15.0 Å². The first-order valence-corrected chi connectivity index (χ1v) is 17.1. The van der Waals surface area contributed by atoms with Gasteiger partial charge in [0.2, 0.25) is 0 Å². The number of allylic oxidation sites excluding steroid dienone is 3. The second kappa shape index (κ2) is 12.1. The van der Waals surface area contributed by atoms with E-state index in [2.05, 4.69) is 116 Å². The summed E-state index contributed by atoms with van der Waals surface area (Å²) in [5, 5.41) is 4.73. The molecule has 0 atom stereocenters. The Morgan fingerprint density at radius 1 is 0.571 bits per heavy atom. The zero-order valence-corrected chi connectivity index (χ0v) is 27.5. The van der Waals surface area contributed by atoms with E-state index in [4.69, 9.17) is 19.4 Å². The SMILES string of the molecule is C/C=C(\C=C/c1ccc(-c2nc(-c3ccccc3)nc(-c3cccc4c3sc3ccccc34)n2)cc1)c1cccc2oc3ccccc3c12. The molecule has 4 nitrogen and oxygen atoms in total. The van der Waals surface area contributed by atoms with Crippen LogP contribution in [0.1, 0.15) is 18.1 Å². The third-order valence-electron chi connectivity index (χ3n) is 8.96. The minimum atomic E-state index is 0.644. The molecule has 0 radical (unpaired) electrons. The molecule has 0 aliphatic heterocycles. The highest BCUT2D eigenvalue weighted by Gasteiger charge is 2.17. The fourth-order valence-corrected chi connectivity index (χ4v) is 7.76. The predicted octanol–water partition coefficient (Wildman–Crippen LogP) is 12.3. The first-order chi connectivity index (χ1) is 24.2. The van der Waals surface area contributed by atoms with Crippen LogP contribution in [0.2, 0.25) is 0 Å². The van der Waals surface area contributed by atoms with Crippen molar-refractivity contribution >= 4 is 65.1 Å². The summed E-state index contributed by atoms with van der Waals surface area (Å²) in [5.41, 5.74) is 8.06. The van der Waals surface area contributed by atoms with Gasteiger partial charge in [-0.15, -0.1) is 11.3 Å². The molecule has 0 N–H and O–H groups in total. The maximum Gasteiger partial charge on any atom is 0.165 e. The number of para-hydroxylation sites is 1. The van der Waals surface area contributed by atoms with Gasteiger partial charge in [0, 0.05) is 47.6 Å². The number of benzene rings is 6. The van der Waals surface area contributed by atoms with E-state index in [1.807, 2.05) is 48.5 Å². The lowest BCUT2D eigenvalue weighted by Gasteiger charge is -2.09. The molecule has 9 rings (SSSR count). The molecule has 0 aliphatic carbocycles. The number of furan rings is 1. The monoisotopic (exact) mass is 647 g/mol. The van der Waals surface area contributed by atoms with E-state index in [9.17, 15) is 0 Å². The van der Waals surface area contributed by atoms with Crippen LogP contribution in [0.3, 0.4) is 0 Å². The molecular formula is C44H29N3OS. The molecule has 0 saturated carbocycles. The van der Waals surface area contributed by atoms with Crippen molar-refractivity contribution in [1.29, 1.82) is 0 Å². The molecule has 0 fully saturated rings. The van der Waals surface area contributed by atoms with E-state index in [-0.39, 0.29) is 0 Å². The number of hydrogen-bond acceptors (Lipinski definition) is 5. The molecule has 5 heteroatoms. The van der Waals surface area contributed by atoms with Crippen molar-refractivity contribution in [2.75, 3.05) is 0 Å². The van der Waals surface area contributed by atoms with Crippen molar-refractivity contribution in [2.45, 2.75) is 6.92 Å². The summed E-state index contributed by atoms with van der Waals surface area (Å²) in [6, 6.07) is 47.9. The second-order valence-corrected chi connectivity index (χ2v) is 13.0. The van der Waals surface area contributed by atoms with Gasteiger partial charge in [-0.2, -0.15) is 0 Å². The van der Waals surface area contributed by atoms with E-state index < -0.39 is 0 Å². The molecule has 0 unspecified atom stereocenters. The minimum Gasteiger partial charge on any atom is -0.456 e. The standard InChI is InChI=1S/C44H29N3OS/c1-2-29(32-16-11-20-38-40(32)35-15-6-8-19-37(35)48-38)25-22-28-23-26-31(27-24-28)43-45-42(30-12-4-3-5-13-30)46-44(47-43)36-18-10-17-34-33-14-7-9-21-39(33)49-41(34)36/h2-27H,1H3/b25-22-,29-2+. The van der Waals surface area contributed by atoms with E-state index in [1.54, 1.807) is 11.3 Å². The van der Waals surface area contributed by atoms with Gasteiger partial charge in [-0.1, -0.05) is 133 Å². The summed E-state index contributed by atoms with van der Waals surface area (Å²) in [6.07, 6.45) is 6.47. The number of thiophene rings is 1. The van der Waals surface area contributed by atoms with E-state index in [0.717, 1.165) is 55.3 Å². The normalized spacial score (nSPS) is 12.2. The van der Waals surface area contributed by atoms with Gasteiger partial charge < -0.3 is 4.42 Å². The van der Waals surface area contributed by atoms with E-state index in [1.165, 1.54) is 20.2 Å². The quantitative estimate of drug-likeness (QED) is 0.169. The highest BCUT2D eigenvalue weighted by atomic mass is 32.1. The molecule has 49 heavy (non-hydrogen) atoms. The van der Waals surface area contributed by atoms with Crippen molar-refractivity contribution in [3.05, 3.63) is 163 Å². The number of rotatable bonds is 6. The first kappa shape index (κ1) is 29.0. The average Bonchev–Trinajstić information content (AvgIpc) is 3.74. The summed E-state index contributed by atoms with van der Waals surface area (Å²) >= 11 is 1.78. The van der Waals surface area contributed by atoms with Gasteiger partial charge in [0.1, 0.15) is 11.2 Å². The third kappa shape index (κ3) is 5.21. The van der Waals surface area contributed by atoms with Crippen molar-refractivity contribution in [2.24, 2.45) is 0 Å². The van der Waals surface area contributed by atoms with Crippen molar-refractivity contribution in [3.8, 4) is 34.2 Å². The van der Waals surface area contributed by atoms with Gasteiger partial charge in [-0.3, -0.25) is 0 Å². The molecule has 3 heterocycles. The highest BCUT2D eigenvalue weighted by molar-refractivity contribution is 7.26. The topological polar surface area (TPSA) is 51.8 Å². The van der Waals surface area contributed by atoms with Crippen molar-refractivity contribution < 1.29 is 4.42 Å². The van der Waals surface area contributed by atoms with Crippen LogP contribution < -0.4 is 0 Å². The van der Waals surface area contributed by atoms with Crippen LogP contribution in [0.15, 0.2) is 156 Å². The van der Waals surface area contributed by atoms with Gasteiger partial charge in [0.25, 0.3) is 0 Å². The molecule has 232 valence electrons. The minimum absolute atomic E-state index is 0.644. The van der Waals surface area contributed by atoms with Gasteiger partial charge in [0.05, 0.1) is 0 Å². The summed E-state index contributed by atoms with van der Waals surface area (Å²) in [4.78, 5) is 15.1. The van der Waals surface area contributed by atoms with E-state index >= 15 is 0 Å². The predicted molar refractivity (Wildman–Crippen MR) is 205 cm³/mol. The molecule has 9 aromatic rings. The van der Waals surface area contributed by atoms with Gasteiger partial charge in [0.15, 0.2) is 17.5 Å². The summed E-state index contributed by atoms with van der Waals surface area (Å²) in [5.74, 6) is 1.97. The Morgan fingerprint density at radius 3 is 2.04 bits per heavy atom. The average molecular weight is 648 g/mol. The van der Waals surface area contributed by atoms with Crippen LogP contribution in [-0.4, -0.2) is 15.0 Å². The van der Waals surface area contributed by atoms with Crippen LogP contribution in [0.25, 0.3) is 87.9 Å². The summed E-state index contributed by atoms with van der Waals surface area (Å²) in [7, 11) is 0. The highest BCUT2D eigenvalue weighted by Crippen LogP contribution is 2.40. The Labute approximate surface area is 287 Å². The molecule has 0 amide bonds. The molecule has 3 aromatic heterocycles. The molecule has 0 spiro atoms. The molecule has 0 saturated heterocycles. The van der Waals surface area contributed by atoms with Crippen LogP contribution >= 0.6 is 11.3 Å². The maximum absolute atomic E-state index is 6.15. The van der Waals surface area contributed by atoms with Crippen LogP contribution in [0.5, 0.6) is 0 Å². The van der Waals surface area contributed by atoms with Crippen molar-refractivity contribution in [3.63, 3.8) is 0 Å². The van der Waals surface area contributed by atoms with Gasteiger partial charge >= 0.3 is 0 Å². The number of hydrogen-bond donors (Lipinski definition) is 0. The smallest absolute Gasteiger partial charge is 0.165 e. The Morgan fingerprint density at radius 2 is 1.22 bits per heavy atom. The lowest BCUT2D eigenvalue weighted by molar-refractivity contribution is 0.669. The Kier molecular flexibility index (Phi) is 7.18. The summed E-state index contributed by atoms with van der Waals surface area (Å²) in [6.45, 7) is 2.08. The molecule has 0 aliphatic rings. The fourth-order valence-electron chi connectivity index (χ4n) is 6.55. The van der Waals surface area contributed by atoms with Crippen LogP contribution in [0, 0.1) is 0 Å². The Bertz CT molecular complexity index is 2720. The van der Waals surface area contributed by atoms with Crippen LogP contribution in [0.4, 0.5) is 0 Å². The van der Waals surface area contributed by atoms with E-state index in [0.29, 0.717) is 17.5 Å². The number of fused-ring (bicyclic) bond motifs is 6. The molecule has 6 aromatic carbocycles. The third-order valence-corrected chi connectivity index (χ3v) is 10.2. The lowest BCUT2D eigenvalue weighted by Crippen LogP contribution is -2.00. The van der Waals surface area contributed by atoms with Gasteiger partial charge in [-0.05, 0) is 47.9 Å².